The molecule has 0 bridgehead atoms. The first kappa shape index (κ1) is 11.0. The van der Waals surface area contributed by atoms with E-state index in [4.69, 9.17) is 0 Å². The van der Waals surface area contributed by atoms with E-state index in [0.29, 0.717) is 0 Å². The molecule has 84 valence electrons. The van der Waals surface area contributed by atoms with Gasteiger partial charge in [-0.2, -0.15) is 0 Å². The Kier molecular flexibility index (Phi) is 3.72. The van der Waals surface area contributed by atoms with Gasteiger partial charge in [0.1, 0.15) is 5.01 Å². The number of hydrogen-bond donors (Lipinski definition) is 1. The summed E-state index contributed by atoms with van der Waals surface area (Å²) in [6.07, 6.45) is 2.71. The highest BCUT2D eigenvalue weighted by atomic mass is 32.1. The largest absolute Gasteiger partial charge is 0.315 e. The summed E-state index contributed by atoms with van der Waals surface area (Å²) >= 11 is 1.86. The summed E-state index contributed by atoms with van der Waals surface area (Å²) in [4.78, 5) is 8.51. The molecule has 0 saturated carbocycles. The third-order valence-corrected chi connectivity index (χ3v) is 3.97. The predicted octanol–water partition coefficient (Wildman–Crippen LogP) is 1.77. The van der Waals surface area contributed by atoms with E-state index in [0.717, 1.165) is 13.1 Å². The second kappa shape index (κ2) is 5.05. The van der Waals surface area contributed by atoms with Crippen LogP contribution in [0, 0.1) is 6.92 Å². The minimum Gasteiger partial charge on any atom is -0.315 e. The first-order valence-corrected chi connectivity index (χ1v) is 6.43. The Morgan fingerprint density at radius 2 is 2.13 bits per heavy atom. The minimum atomic E-state index is 0.948. The maximum atomic E-state index is 4.63. The van der Waals surface area contributed by atoms with E-state index in [-0.39, 0.29) is 0 Å². The van der Waals surface area contributed by atoms with Crippen molar-refractivity contribution in [2.75, 3.05) is 20.1 Å². The van der Waals surface area contributed by atoms with Gasteiger partial charge in [-0.25, -0.2) is 4.98 Å². The summed E-state index contributed by atoms with van der Waals surface area (Å²) in [5.41, 5.74) is 1.20. The lowest BCUT2D eigenvalue weighted by Gasteiger charge is -2.11. The number of hydrogen-bond acceptors (Lipinski definition) is 4. The fourth-order valence-corrected chi connectivity index (χ4v) is 3.14. The van der Waals surface area contributed by atoms with Crippen molar-refractivity contribution in [1.82, 2.24) is 15.2 Å². The smallest absolute Gasteiger partial charge is 0.107 e. The summed E-state index contributed by atoms with van der Waals surface area (Å²) < 4.78 is 0. The maximum Gasteiger partial charge on any atom is 0.107 e. The molecule has 1 N–H and O–H groups in total. The monoisotopic (exact) mass is 225 g/mol. The van der Waals surface area contributed by atoms with Crippen LogP contribution in [0.1, 0.15) is 28.4 Å². The van der Waals surface area contributed by atoms with Gasteiger partial charge in [0.2, 0.25) is 0 Å². The van der Waals surface area contributed by atoms with Crippen LogP contribution < -0.4 is 5.32 Å². The van der Waals surface area contributed by atoms with Gasteiger partial charge in [0.25, 0.3) is 0 Å². The van der Waals surface area contributed by atoms with Gasteiger partial charge < -0.3 is 5.32 Å². The first-order chi connectivity index (χ1) is 7.29. The van der Waals surface area contributed by atoms with Crippen molar-refractivity contribution in [3.05, 3.63) is 15.6 Å². The molecule has 0 spiro atoms. The van der Waals surface area contributed by atoms with E-state index in [1.54, 1.807) is 0 Å². The highest BCUT2D eigenvalue weighted by Gasteiger charge is 2.14. The molecular formula is C11H19N3S. The molecule has 0 amide bonds. The van der Waals surface area contributed by atoms with Crippen LogP contribution in [-0.2, 0) is 13.1 Å². The van der Waals surface area contributed by atoms with Crippen LogP contribution in [0.4, 0.5) is 0 Å². The molecule has 1 aromatic heterocycles. The highest BCUT2D eigenvalue weighted by Crippen LogP contribution is 2.20. The van der Waals surface area contributed by atoms with Gasteiger partial charge in [-0.05, 0) is 39.9 Å². The van der Waals surface area contributed by atoms with Gasteiger partial charge in [-0.15, -0.1) is 11.3 Å². The summed E-state index contributed by atoms with van der Waals surface area (Å²) in [5.74, 6) is 0. The summed E-state index contributed by atoms with van der Waals surface area (Å²) in [7, 11) is 1.99. The topological polar surface area (TPSA) is 28.2 Å². The molecule has 1 saturated heterocycles. The molecule has 0 aromatic carbocycles. The van der Waals surface area contributed by atoms with Crippen molar-refractivity contribution in [2.45, 2.75) is 32.9 Å². The Labute approximate surface area is 95.5 Å². The second-order valence-electron chi connectivity index (χ2n) is 4.13. The van der Waals surface area contributed by atoms with Crippen molar-refractivity contribution in [3.63, 3.8) is 0 Å². The molecule has 1 aliphatic rings. The number of thiazole rings is 1. The fraction of sp³-hybridized carbons (Fsp3) is 0.727. The number of nitrogens with one attached hydrogen (secondary N) is 1. The normalized spacial score (nSPS) is 17.5. The van der Waals surface area contributed by atoms with E-state index in [9.17, 15) is 0 Å². The molecule has 2 heterocycles. The number of aryl methyl sites for hydroxylation is 1. The zero-order valence-corrected chi connectivity index (χ0v) is 10.4. The van der Waals surface area contributed by atoms with Crippen molar-refractivity contribution in [2.24, 2.45) is 0 Å². The van der Waals surface area contributed by atoms with Crippen molar-refractivity contribution >= 4 is 11.3 Å². The SMILES string of the molecule is CNCc1sc(CN2CCCC2)nc1C. The average Bonchev–Trinajstić information content (AvgIpc) is 2.79. The lowest BCUT2D eigenvalue weighted by Crippen LogP contribution is -2.18. The Morgan fingerprint density at radius 3 is 2.80 bits per heavy atom. The summed E-state index contributed by atoms with van der Waals surface area (Å²) in [5, 5.41) is 4.47. The standard InChI is InChI=1S/C11H19N3S/c1-9-10(7-12-2)15-11(13-9)8-14-5-3-4-6-14/h12H,3-8H2,1-2H3. The summed E-state index contributed by atoms with van der Waals surface area (Å²) in [6.45, 7) is 6.61. The lowest BCUT2D eigenvalue weighted by atomic mass is 10.4. The Bertz CT molecular complexity index is 316. The van der Waals surface area contributed by atoms with Crippen LogP contribution in [0.3, 0.4) is 0 Å². The van der Waals surface area contributed by atoms with Gasteiger partial charge in [-0.3, -0.25) is 4.90 Å². The third-order valence-electron chi connectivity index (χ3n) is 2.83. The third kappa shape index (κ3) is 2.77. The van der Waals surface area contributed by atoms with Crippen LogP contribution in [0.15, 0.2) is 0 Å². The molecule has 1 fully saturated rings. The van der Waals surface area contributed by atoms with Crippen molar-refractivity contribution in [1.29, 1.82) is 0 Å². The fourth-order valence-electron chi connectivity index (χ4n) is 2.01. The van der Waals surface area contributed by atoms with Gasteiger partial charge >= 0.3 is 0 Å². The van der Waals surface area contributed by atoms with Crippen LogP contribution in [0.2, 0.25) is 0 Å². The molecule has 4 heteroatoms. The molecule has 1 aliphatic heterocycles. The zero-order valence-electron chi connectivity index (χ0n) is 9.55. The number of likely N-dealkylation sites (tertiary alicyclic amines) is 1. The van der Waals surface area contributed by atoms with Gasteiger partial charge in [0.15, 0.2) is 0 Å². The molecule has 0 atom stereocenters. The second-order valence-corrected chi connectivity index (χ2v) is 5.30. The van der Waals surface area contributed by atoms with Crippen LogP contribution in [0.5, 0.6) is 0 Å². The molecule has 0 radical (unpaired) electrons. The van der Waals surface area contributed by atoms with E-state index >= 15 is 0 Å². The van der Waals surface area contributed by atoms with Crippen molar-refractivity contribution in [3.8, 4) is 0 Å². The Balaban J connectivity index is 1.98. The summed E-state index contributed by atoms with van der Waals surface area (Å²) in [6, 6.07) is 0. The first-order valence-electron chi connectivity index (χ1n) is 5.61. The van der Waals surface area contributed by atoms with Crippen LogP contribution in [0.25, 0.3) is 0 Å². The lowest BCUT2D eigenvalue weighted by molar-refractivity contribution is 0.330. The molecule has 1 aromatic rings. The van der Waals surface area contributed by atoms with Crippen LogP contribution in [-0.4, -0.2) is 30.0 Å². The Hall–Kier alpha value is -0.450. The quantitative estimate of drug-likeness (QED) is 0.846. The minimum absolute atomic E-state index is 0.948. The molecule has 15 heavy (non-hydrogen) atoms. The van der Waals surface area contributed by atoms with E-state index < -0.39 is 0 Å². The van der Waals surface area contributed by atoms with E-state index in [2.05, 4.69) is 22.1 Å². The molecule has 0 aliphatic carbocycles. The van der Waals surface area contributed by atoms with Gasteiger partial charge in [0.05, 0.1) is 12.2 Å². The van der Waals surface area contributed by atoms with Gasteiger partial charge in [-0.1, -0.05) is 0 Å². The molecule has 0 unspecified atom stereocenters. The van der Waals surface area contributed by atoms with Crippen LogP contribution >= 0.6 is 11.3 Å². The Morgan fingerprint density at radius 1 is 1.40 bits per heavy atom. The van der Waals surface area contributed by atoms with Gasteiger partial charge in [0, 0.05) is 11.4 Å². The average molecular weight is 225 g/mol. The highest BCUT2D eigenvalue weighted by molar-refractivity contribution is 7.11. The molecular weight excluding hydrogens is 206 g/mol. The number of nitrogens with zero attached hydrogens (tertiary/aromatic N) is 2. The predicted molar refractivity (Wildman–Crippen MR) is 64.1 cm³/mol. The molecule has 3 nitrogen and oxygen atoms in total. The number of aromatic nitrogens is 1. The van der Waals surface area contributed by atoms with E-state index in [1.807, 2.05) is 18.4 Å². The maximum absolute atomic E-state index is 4.63. The molecule has 2 rings (SSSR count). The van der Waals surface area contributed by atoms with E-state index in [1.165, 1.54) is 41.5 Å². The zero-order chi connectivity index (χ0) is 10.7. The van der Waals surface area contributed by atoms with Crippen molar-refractivity contribution < 1.29 is 0 Å². The number of rotatable bonds is 4.